The molecule has 0 saturated heterocycles. The molecule has 0 aliphatic carbocycles. The molecular weight excluding hydrogens is 296 g/mol. The molecule has 1 aromatic carbocycles. The molecule has 0 saturated carbocycles. The van der Waals surface area contributed by atoms with E-state index in [0.29, 0.717) is 18.1 Å². The standard InChI is InChI=1S/C15H17F2NO2S/c1-4-14(12-6-5-11(16)7-13(12)17)21(19)8-15-18-9(2)10(3)20-15/h5-7,14H,4,8H2,1-3H3/t14-,21+/m1/s1. The number of nitrogens with zero attached hydrogens (tertiary/aromatic N) is 1. The third-order valence-electron chi connectivity index (χ3n) is 3.34. The Morgan fingerprint density at radius 3 is 2.57 bits per heavy atom. The Labute approximate surface area is 124 Å². The topological polar surface area (TPSA) is 43.1 Å². The van der Waals surface area contributed by atoms with Crippen molar-refractivity contribution in [1.82, 2.24) is 4.98 Å². The van der Waals surface area contributed by atoms with Crippen molar-refractivity contribution in [3.05, 3.63) is 52.7 Å². The first-order chi connectivity index (χ1) is 9.92. The summed E-state index contributed by atoms with van der Waals surface area (Å²) >= 11 is 0. The van der Waals surface area contributed by atoms with Gasteiger partial charge < -0.3 is 4.42 Å². The molecule has 0 amide bonds. The van der Waals surface area contributed by atoms with Crippen molar-refractivity contribution in [2.75, 3.05) is 0 Å². The number of benzene rings is 1. The van der Waals surface area contributed by atoms with Gasteiger partial charge in [-0.3, -0.25) is 4.21 Å². The van der Waals surface area contributed by atoms with Gasteiger partial charge in [-0.1, -0.05) is 13.0 Å². The molecule has 1 aromatic heterocycles. The highest BCUT2D eigenvalue weighted by atomic mass is 32.2. The van der Waals surface area contributed by atoms with Crippen LogP contribution in [0.15, 0.2) is 22.6 Å². The predicted octanol–water partition coefficient (Wildman–Crippen LogP) is 3.97. The van der Waals surface area contributed by atoms with Crippen molar-refractivity contribution >= 4 is 10.8 Å². The van der Waals surface area contributed by atoms with Gasteiger partial charge in [0.2, 0.25) is 5.89 Å². The Bertz CT molecular complexity index is 650. The second kappa shape index (κ2) is 6.47. The molecule has 2 aromatic rings. The van der Waals surface area contributed by atoms with E-state index in [1.807, 2.05) is 13.8 Å². The van der Waals surface area contributed by atoms with Crippen LogP contribution in [-0.2, 0) is 16.6 Å². The fourth-order valence-electron chi connectivity index (χ4n) is 2.13. The summed E-state index contributed by atoms with van der Waals surface area (Å²) in [4.78, 5) is 4.18. The first-order valence-electron chi connectivity index (χ1n) is 6.67. The molecule has 6 heteroatoms. The van der Waals surface area contributed by atoms with Gasteiger partial charge in [-0.25, -0.2) is 13.8 Å². The first kappa shape index (κ1) is 15.8. The number of hydrogen-bond acceptors (Lipinski definition) is 3. The Balaban J connectivity index is 2.22. The molecule has 0 N–H and O–H groups in total. The summed E-state index contributed by atoms with van der Waals surface area (Å²) < 4.78 is 44.7. The second-order valence-corrected chi connectivity index (χ2v) is 6.46. The summed E-state index contributed by atoms with van der Waals surface area (Å²) in [6.07, 6.45) is 0.480. The molecule has 0 radical (unpaired) electrons. The number of aromatic nitrogens is 1. The molecule has 114 valence electrons. The summed E-state index contributed by atoms with van der Waals surface area (Å²) in [7, 11) is -1.39. The summed E-state index contributed by atoms with van der Waals surface area (Å²) in [5.74, 6) is -0.137. The van der Waals surface area contributed by atoms with Crippen LogP contribution in [0.2, 0.25) is 0 Å². The lowest BCUT2D eigenvalue weighted by molar-refractivity contribution is 0.487. The van der Waals surface area contributed by atoms with Crippen molar-refractivity contribution in [2.45, 2.75) is 38.2 Å². The molecule has 0 fully saturated rings. The minimum absolute atomic E-state index is 0.115. The van der Waals surface area contributed by atoms with E-state index in [0.717, 1.165) is 11.8 Å². The van der Waals surface area contributed by atoms with Crippen molar-refractivity contribution in [3.8, 4) is 0 Å². The summed E-state index contributed by atoms with van der Waals surface area (Å²) in [5.41, 5.74) is 1.01. The summed E-state index contributed by atoms with van der Waals surface area (Å²) in [6, 6.07) is 3.34. The van der Waals surface area contributed by atoms with Gasteiger partial charge in [-0.05, 0) is 26.3 Å². The molecule has 2 rings (SSSR count). The van der Waals surface area contributed by atoms with Gasteiger partial charge in [-0.15, -0.1) is 0 Å². The van der Waals surface area contributed by atoms with Crippen molar-refractivity contribution in [1.29, 1.82) is 0 Å². The van der Waals surface area contributed by atoms with E-state index in [2.05, 4.69) is 4.98 Å². The van der Waals surface area contributed by atoms with Gasteiger partial charge in [-0.2, -0.15) is 0 Å². The van der Waals surface area contributed by atoms with Crippen LogP contribution in [-0.4, -0.2) is 9.19 Å². The molecule has 1 heterocycles. The largest absolute Gasteiger partial charge is 0.445 e. The minimum atomic E-state index is -1.39. The van der Waals surface area contributed by atoms with Crippen LogP contribution in [0.25, 0.3) is 0 Å². The SMILES string of the molecule is CC[C@H](c1ccc(F)cc1F)[S@@](=O)Cc1nc(C)c(C)o1. The molecule has 0 aliphatic rings. The Kier molecular flexibility index (Phi) is 4.88. The first-order valence-corrected chi connectivity index (χ1v) is 8.05. The minimum Gasteiger partial charge on any atom is -0.445 e. The highest BCUT2D eigenvalue weighted by Gasteiger charge is 2.23. The lowest BCUT2D eigenvalue weighted by atomic mass is 10.1. The zero-order chi connectivity index (χ0) is 15.6. The number of hydrogen-bond donors (Lipinski definition) is 0. The summed E-state index contributed by atoms with van der Waals surface area (Å²) in [5, 5.41) is -0.516. The van der Waals surface area contributed by atoms with Crippen LogP contribution in [0, 0.1) is 25.5 Å². The van der Waals surface area contributed by atoms with Gasteiger partial charge in [0.05, 0.1) is 10.9 Å². The number of aryl methyl sites for hydroxylation is 2. The molecule has 0 aliphatic heterocycles. The number of oxazole rings is 1. The molecule has 0 bridgehead atoms. The molecule has 3 nitrogen and oxygen atoms in total. The van der Waals surface area contributed by atoms with E-state index in [4.69, 9.17) is 4.42 Å². The molecule has 21 heavy (non-hydrogen) atoms. The van der Waals surface area contributed by atoms with Gasteiger partial charge in [0, 0.05) is 22.4 Å². The maximum Gasteiger partial charge on any atom is 0.207 e. The van der Waals surface area contributed by atoms with E-state index in [1.54, 1.807) is 6.92 Å². The Morgan fingerprint density at radius 2 is 2.05 bits per heavy atom. The van der Waals surface area contributed by atoms with Crippen molar-refractivity contribution < 1.29 is 17.4 Å². The van der Waals surface area contributed by atoms with Gasteiger partial charge in [0.1, 0.15) is 23.1 Å². The molecule has 0 spiro atoms. The monoisotopic (exact) mass is 313 g/mol. The van der Waals surface area contributed by atoms with E-state index in [9.17, 15) is 13.0 Å². The van der Waals surface area contributed by atoms with E-state index < -0.39 is 27.7 Å². The third kappa shape index (κ3) is 3.56. The van der Waals surface area contributed by atoms with Crippen LogP contribution in [0.4, 0.5) is 8.78 Å². The predicted molar refractivity (Wildman–Crippen MR) is 77.2 cm³/mol. The average molecular weight is 313 g/mol. The quantitative estimate of drug-likeness (QED) is 0.839. The third-order valence-corrected chi connectivity index (χ3v) is 5.09. The Hall–Kier alpha value is -1.56. The maximum atomic E-state index is 13.8. The second-order valence-electron chi connectivity index (χ2n) is 4.84. The maximum absolute atomic E-state index is 13.8. The average Bonchev–Trinajstić information content (AvgIpc) is 2.71. The van der Waals surface area contributed by atoms with Gasteiger partial charge in [0.25, 0.3) is 0 Å². The highest BCUT2D eigenvalue weighted by molar-refractivity contribution is 7.84. The Morgan fingerprint density at radius 1 is 1.33 bits per heavy atom. The van der Waals surface area contributed by atoms with Gasteiger partial charge in [0.15, 0.2) is 0 Å². The van der Waals surface area contributed by atoms with Crippen LogP contribution >= 0.6 is 0 Å². The lowest BCUT2D eigenvalue weighted by Gasteiger charge is -2.15. The number of halogens is 2. The molecule has 0 unspecified atom stereocenters. The lowest BCUT2D eigenvalue weighted by Crippen LogP contribution is -2.10. The molecule has 2 atom stereocenters. The zero-order valence-electron chi connectivity index (χ0n) is 12.2. The van der Waals surface area contributed by atoms with Crippen molar-refractivity contribution in [3.63, 3.8) is 0 Å². The van der Waals surface area contributed by atoms with Crippen LogP contribution < -0.4 is 0 Å². The fraction of sp³-hybridized carbons (Fsp3) is 0.400. The van der Waals surface area contributed by atoms with E-state index >= 15 is 0 Å². The normalized spacial score (nSPS) is 14.1. The number of rotatable bonds is 5. The van der Waals surface area contributed by atoms with Gasteiger partial charge >= 0.3 is 0 Å². The fourth-order valence-corrected chi connectivity index (χ4v) is 3.55. The zero-order valence-corrected chi connectivity index (χ0v) is 13.0. The van der Waals surface area contributed by atoms with Crippen LogP contribution in [0.5, 0.6) is 0 Å². The smallest absolute Gasteiger partial charge is 0.207 e. The van der Waals surface area contributed by atoms with Crippen LogP contribution in [0.3, 0.4) is 0 Å². The van der Waals surface area contributed by atoms with E-state index in [1.165, 1.54) is 12.1 Å². The van der Waals surface area contributed by atoms with Crippen LogP contribution in [0.1, 0.15) is 41.5 Å². The van der Waals surface area contributed by atoms with E-state index in [-0.39, 0.29) is 11.3 Å². The molecular formula is C15H17F2NO2S. The van der Waals surface area contributed by atoms with Crippen molar-refractivity contribution in [2.24, 2.45) is 0 Å². The highest BCUT2D eigenvalue weighted by Crippen LogP contribution is 2.28. The summed E-state index contributed by atoms with van der Waals surface area (Å²) in [6.45, 7) is 5.41.